The topological polar surface area (TPSA) is 41.5 Å². The molecule has 3 nitrogen and oxygen atoms in total. The third-order valence-corrected chi connectivity index (χ3v) is 4.25. The minimum atomic E-state index is -0.428. The van der Waals surface area contributed by atoms with Crippen LogP contribution in [-0.2, 0) is 11.3 Å². The van der Waals surface area contributed by atoms with Crippen LogP contribution >= 0.6 is 11.8 Å². The lowest BCUT2D eigenvalue weighted by Crippen LogP contribution is -2.20. The van der Waals surface area contributed by atoms with Crippen molar-refractivity contribution < 1.29 is 14.2 Å². The largest absolute Gasteiger partial charge is 0.392 e. The van der Waals surface area contributed by atoms with Crippen LogP contribution in [0, 0.1) is 5.82 Å². The molecular formula is C14H22FNO2S. The average molecular weight is 287 g/mol. The minimum Gasteiger partial charge on any atom is -0.392 e. The fraction of sp³-hybridized carbons (Fsp3) is 0.571. The van der Waals surface area contributed by atoms with E-state index in [2.05, 4.69) is 5.32 Å². The molecule has 0 heterocycles. The summed E-state index contributed by atoms with van der Waals surface area (Å²) in [7, 11) is 1.64. The first-order valence-electron chi connectivity index (χ1n) is 6.38. The number of aliphatic hydroxyl groups excluding tert-OH is 1. The zero-order valence-corrected chi connectivity index (χ0v) is 12.5. The quantitative estimate of drug-likeness (QED) is 0.569. The van der Waals surface area contributed by atoms with Gasteiger partial charge in [0.15, 0.2) is 0 Å². The minimum absolute atomic E-state index is 0.0273. The van der Waals surface area contributed by atoms with Gasteiger partial charge in [0.05, 0.1) is 12.7 Å². The molecular weight excluding hydrogens is 265 g/mol. The van der Waals surface area contributed by atoms with E-state index in [4.69, 9.17) is 4.74 Å². The molecule has 1 rings (SSSR count). The lowest BCUT2D eigenvalue weighted by molar-refractivity contribution is 0.196. The Bertz CT molecular complexity index is 388. The Hall–Kier alpha value is -0.620. The number of aliphatic hydroxyl groups is 1. The zero-order chi connectivity index (χ0) is 14.3. The summed E-state index contributed by atoms with van der Waals surface area (Å²) in [5, 5.41) is 12.7. The van der Waals surface area contributed by atoms with E-state index in [-0.39, 0.29) is 11.1 Å². The monoisotopic (exact) mass is 287 g/mol. The second-order valence-electron chi connectivity index (χ2n) is 4.45. The van der Waals surface area contributed by atoms with Gasteiger partial charge < -0.3 is 15.2 Å². The van der Waals surface area contributed by atoms with Gasteiger partial charge >= 0.3 is 0 Å². The molecule has 5 heteroatoms. The molecule has 2 N–H and O–H groups in total. The number of nitrogens with one attached hydrogen (secondary N) is 1. The number of hydrogen-bond donors (Lipinski definition) is 2. The highest BCUT2D eigenvalue weighted by Crippen LogP contribution is 2.29. The van der Waals surface area contributed by atoms with Crippen LogP contribution in [0.4, 0.5) is 4.39 Å². The number of thioether (sulfide) groups is 1. The lowest BCUT2D eigenvalue weighted by Gasteiger charge is -2.17. The molecule has 108 valence electrons. The molecule has 0 aromatic heterocycles. The number of rotatable bonds is 8. The van der Waals surface area contributed by atoms with Gasteiger partial charge in [0, 0.05) is 35.9 Å². The molecule has 0 amide bonds. The van der Waals surface area contributed by atoms with E-state index in [0.29, 0.717) is 25.3 Å². The summed E-state index contributed by atoms with van der Waals surface area (Å²) in [6, 6.07) is 5.05. The molecule has 0 aliphatic heterocycles. The maximum Gasteiger partial charge on any atom is 0.128 e. The predicted molar refractivity (Wildman–Crippen MR) is 77.0 cm³/mol. The maximum atomic E-state index is 13.9. The van der Waals surface area contributed by atoms with Crippen molar-refractivity contribution in [1.82, 2.24) is 5.32 Å². The molecule has 1 aromatic rings. The molecule has 0 saturated heterocycles. The van der Waals surface area contributed by atoms with Crippen LogP contribution < -0.4 is 5.32 Å². The number of hydrogen-bond acceptors (Lipinski definition) is 4. The van der Waals surface area contributed by atoms with Gasteiger partial charge in [-0.2, -0.15) is 0 Å². The zero-order valence-electron chi connectivity index (χ0n) is 11.6. The molecule has 0 saturated carbocycles. The Kier molecular flexibility index (Phi) is 7.38. The Morgan fingerprint density at radius 2 is 2.16 bits per heavy atom. The molecule has 2 atom stereocenters. The molecule has 0 radical (unpaired) electrons. The number of methoxy groups -OCH3 is 1. The fourth-order valence-electron chi connectivity index (χ4n) is 1.51. The van der Waals surface area contributed by atoms with E-state index < -0.39 is 6.10 Å². The van der Waals surface area contributed by atoms with Gasteiger partial charge in [-0.3, -0.25) is 0 Å². The summed E-state index contributed by atoms with van der Waals surface area (Å²) in [5.41, 5.74) is 0.649. The predicted octanol–water partition coefficient (Wildman–Crippen LogP) is 2.42. The number of benzene rings is 1. The maximum absolute atomic E-state index is 13.9. The Labute approximate surface area is 118 Å². The van der Waals surface area contributed by atoms with Gasteiger partial charge in [0.1, 0.15) is 5.82 Å². The number of halogens is 1. The molecule has 0 spiro atoms. The van der Waals surface area contributed by atoms with Crippen LogP contribution in [0.1, 0.15) is 19.4 Å². The molecule has 0 bridgehead atoms. The average Bonchev–Trinajstić information content (AvgIpc) is 2.37. The Balaban J connectivity index is 2.71. The van der Waals surface area contributed by atoms with Crippen LogP contribution in [-0.4, -0.2) is 36.7 Å². The summed E-state index contributed by atoms with van der Waals surface area (Å²) in [5.74, 6) is -0.215. The van der Waals surface area contributed by atoms with Crippen LogP contribution in [0.5, 0.6) is 0 Å². The van der Waals surface area contributed by atoms with Crippen molar-refractivity contribution in [2.24, 2.45) is 0 Å². The third kappa shape index (κ3) is 5.48. The van der Waals surface area contributed by atoms with Gasteiger partial charge in [-0.05, 0) is 19.1 Å². The van der Waals surface area contributed by atoms with E-state index >= 15 is 0 Å². The standard InChI is InChI=1S/C14H22FNO2S/c1-10(17)11(2)19-14-6-4-5-13(15)12(14)9-16-7-8-18-3/h4-6,10-11,16-17H,7-9H2,1-3H3. The normalized spacial score (nSPS) is 14.4. The van der Waals surface area contributed by atoms with Gasteiger partial charge in [-0.25, -0.2) is 4.39 Å². The van der Waals surface area contributed by atoms with E-state index in [1.54, 1.807) is 20.1 Å². The smallest absolute Gasteiger partial charge is 0.128 e. The second kappa shape index (κ2) is 8.53. The summed E-state index contributed by atoms with van der Waals surface area (Å²) in [6.07, 6.45) is -0.428. The van der Waals surface area contributed by atoms with Crippen LogP contribution in [0.15, 0.2) is 23.1 Å². The second-order valence-corrected chi connectivity index (χ2v) is 5.87. The van der Waals surface area contributed by atoms with Crippen LogP contribution in [0.25, 0.3) is 0 Å². The summed E-state index contributed by atoms with van der Waals surface area (Å²) < 4.78 is 18.8. The van der Waals surface area contributed by atoms with Crippen molar-refractivity contribution in [3.63, 3.8) is 0 Å². The van der Waals surface area contributed by atoms with Gasteiger partial charge in [-0.1, -0.05) is 13.0 Å². The molecule has 2 unspecified atom stereocenters. The van der Waals surface area contributed by atoms with Gasteiger partial charge in [-0.15, -0.1) is 11.8 Å². The highest BCUT2D eigenvalue weighted by molar-refractivity contribution is 8.00. The van der Waals surface area contributed by atoms with Crippen molar-refractivity contribution in [3.8, 4) is 0 Å². The van der Waals surface area contributed by atoms with Crippen molar-refractivity contribution in [2.45, 2.75) is 36.6 Å². The van der Waals surface area contributed by atoms with Crippen molar-refractivity contribution in [2.75, 3.05) is 20.3 Å². The first kappa shape index (κ1) is 16.4. The van der Waals surface area contributed by atoms with Crippen LogP contribution in [0.3, 0.4) is 0 Å². The van der Waals surface area contributed by atoms with E-state index in [1.165, 1.54) is 17.8 Å². The molecule has 0 aliphatic rings. The lowest BCUT2D eigenvalue weighted by atomic mass is 10.2. The van der Waals surface area contributed by atoms with Crippen molar-refractivity contribution in [1.29, 1.82) is 0 Å². The first-order valence-corrected chi connectivity index (χ1v) is 7.26. The molecule has 0 aliphatic carbocycles. The first-order chi connectivity index (χ1) is 9.06. The highest BCUT2D eigenvalue weighted by Gasteiger charge is 2.15. The Morgan fingerprint density at radius 3 is 2.79 bits per heavy atom. The summed E-state index contributed by atoms with van der Waals surface area (Å²) in [6.45, 7) is 5.42. The third-order valence-electron chi connectivity index (χ3n) is 2.85. The highest BCUT2D eigenvalue weighted by atomic mass is 32.2. The fourth-order valence-corrected chi connectivity index (χ4v) is 2.57. The SMILES string of the molecule is COCCNCc1c(F)cccc1SC(C)C(C)O. The molecule has 19 heavy (non-hydrogen) atoms. The van der Waals surface area contributed by atoms with Crippen LogP contribution in [0.2, 0.25) is 0 Å². The van der Waals surface area contributed by atoms with Crippen molar-refractivity contribution in [3.05, 3.63) is 29.6 Å². The number of ether oxygens (including phenoxy) is 1. The summed E-state index contributed by atoms with van der Waals surface area (Å²) in [4.78, 5) is 0.873. The van der Waals surface area contributed by atoms with E-state index in [0.717, 1.165) is 4.90 Å². The molecule has 1 aromatic carbocycles. The Morgan fingerprint density at radius 1 is 1.42 bits per heavy atom. The van der Waals surface area contributed by atoms with Gasteiger partial charge in [0.2, 0.25) is 0 Å². The van der Waals surface area contributed by atoms with E-state index in [9.17, 15) is 9.50 Å². The summed E-state index contributed by atoms with van der Waals surface area (Å²) >= 11 is 1.49. The van der Waals surface area contributed by atoms with Crippen molar-refractivity contribution >= 4 is 11.8 Å². The van der Waals surface area contributed by atoms with Gasteiger partial charge in [0.25, 0.3) is 0 Å². The molecule has 0 fully saturated rings. The van der Waals surface area contributed by atoms with E-state index in [1.807, 2.05) is 13.0 Å².